The predicted octanol–water partition coefficient (Wildman–Crippen LogP) is 3.55. The third-order valence-electron chi connectivity index (χ3n) is 6.39. The summed E-state index contributed by atoms with van der Waals surface area (Å²) in [6.07, 6.45) is 17.3. The first kappa shape index (κ1) is 19.4. The Balaban J connectivity index is 1.52. The number of hydrogen-bond donors (Lipinski definition) is 2. The molecule has 0 heterocycles. The summed E-state index contributed by atoms with van der Waals surface area (Å²) in [7, 11) is 1.41. The van der Waals surface area contributed by atoms with Gasteiger partial charge in [-0.25, -0.2) is 0 Å². The molecule has 0 bridgehead atoms. The van der Waals surface area contributed by atoms with Crippen LogP contribution in [0.5, 0.6) is 0 Å². The molecule has 0 aromatic carbocycles. The minimum absolute atomic E-state index is 0.133. The molecule has 0 radical (unpaired) electrons. The van der Waals surface area contributed by atoms with Crippen molar-refractivity contribution in [2.24, 2.45) is 23.7 Å². The van der Waals surface area contributed by atoms with Gasteiger partial charge < -0.3 is 14.9 Å². The van der Waals surface area contributed by atoms with Crippen molar-refractivity contribution in [1.29, 1.82) is 0 Å². The van der Waals surface area contributed by atoms with Crippen molar-refractivity contribution in [3.63, 3.8) is 0 Å². The van der Waals surface area contributed by atoms with Crippen molar-refractivity contribution < 1.29 is 19.7 Å². The van der Waals surface area contributed by atoms with Crippen LogP contribution in [0.1, 0.15) is 51.4 Å². The normalized spacial score (nSPS) is 33.1. The molecule has 0 aliphatic heterocycles. The van der Waals surface area contributed by atoms with Crippen molar-refractivity contribution in [3.05, 3.63) is 36.0 Å². The van der Waals surface area contributed by atoms with Gasteiger partial charge in [0.1, 0.15) is 0 Å². The molecular weight excluding hydrogens is 328 g/mol. The maximum atomic E-state index is 11.1. The number of allylic oxidation sites excluding steroid dienone is 4. The number of carbonyl (C=O) groups is 1. The van der Waals surface area contributed by atoms with E-state index in [2.05, 4.69) is 23.0 Å². The average Bonchev–Trinajstić information content (AvgIpc) is 3.33. The lowest BCUT2D eigenvalue weighted by atomic mass is 9.88. The highest BCUT2D eigenvalue weighted by molar-refractivity contribution is 5.69. The van der Waals surface area contributed by atoms with Crippen LogP contribution in [0.15, 0.2) is 36.0 Å². The number of carbonyl (C=O) groups excluding carboxylic acids is 1. The van der Waals surface area contributed by atoms with E-state index in [1.54, 1.807) is 0 Å². The number of rotatable bonds is 7. The van der Waals surface area contributed by atoms with Gasteiger partial charge in [0.05, 0.1) is 19.3 Å². The molecule has 2 saturated carbocycles. The summed E-state index contributed by atoms with van der Waals surface area (Å²) in [6, 6.07) is 0. The summed E-state index contributed by atoms with van der Waals surface area (Å²) in [6.45, 7) is 0. The smallest absolute Gasteiger partial charge is 0.305 e. The molecule has 3 aliphatic carbocycles. The van der Waals surface area contributed by atoms with Gasteiger partial charge in [0.2, 0.25) is 0 Å². The number of fused-ring (bicyclic) bond motifs is 1. The highest BCUT2D eigenvalue weighted by Crippen LogP contribution is 2.47. The van der Waals surface area contributed by atoms with Gasteiger partial charge in [-0.1, -0.05) is 48.8 Å². The van der Waals surface area contributed by atoms with Crippen molar-refractivity contribution in [1.82, 2.24) is 0 Å². The fourth-order valence-electron chi connectivity index (χ4n) is 4.91. The topological polar surface area (TPSA) is 66.8 Å². The highest BCUT2D eigenvalue weighted by atomic mass is 16.5. The average molecular weight is 360 g/mol. The maximum Gasteiger partial charge on any atom is 0.305 e. The maximum absolute atomic E-state index is 11.1. The van der Waals surface area contributed by atoms with E-state index in [0.717, 1.165) is 25.7 Å². The minimum Gasteiger partial charge on any atom is -0.469 e. The lowest BCUT2D eigenvalue weighted by Crippen LogP contribution is -2.19. The molecule has 4 heteroatoms. The van der Waals surface area contributed by atoms with Gasteiger partial charge in [-0.2, -0.15) is 0 Å². The van der Waals surface area contributed by atoms with Crippen LogP contribution in [0.3, 0.4) is 0 Å². The van der Waals surface area contributed by atoms with E-state index in [1.807, 2.05) is 12.2 Å². The molecule has 0 amide bonds. The quantitative estimate of drug-likeness (QED) is 0.538. The van der Waals surface area contributed by atoms with Crippen LogP contribution in [0.4, 0.5) is 0 Å². The third kappa shape index (κ3) is 4.66. The lowest BCUT2D eigenvalue weighted by Gasteiger charge is -2.19. The molecule has 2 N–H and O–H groups in total. The monoisotopic (exact) mass is 360 g/mol. The van der Waals surface area contributed by atoms with Crippen LogP contribution >= 0.6 is 0 Å². The Hall–Kier alpha value is -1.39. The number of aliphatic hydroxyl groups is 2. The first-order valence-electron chi connectivity index (χ1n) is 10.1. The van der Waals surface area contributed by atoms with E-state index in [0.29, 0.717) is 30.6 Å². The zero-order valence-corrected chi connectivity index (χ0v) is 15.7. The van der Waals surface area contributed by atoms with Crippen LogP contribution in [-0.2, 0) is 9.53 Å². The van der Waals surface area contributed by atoms with Gasteiger partial charge in [-0.05, 0) is 49.9 Å². The second-order valence-electron chi connectivity index (χ2n) is 8.09. The summed E-state index contributed by atoms with van der Waals surface area (Å²) in [5.41, 5.74) is 1.30. The Morgan fingerprint density at radius 2 is 2.15 bits per heavy atom. The molecule has 0 aromatic heterocycles. The van der Waals surface area contributed by atoms with Crippen LogP contribution < -0.4 is 0 Å². The molecule has 0 saturated heterocycles. The predicted molar refractivity (Wildman–Crippen MR) is 101 cm³/mol. The molecule has 3 aliphatic rings. The Morgan fingerprint density at radius 1 is 1.38 bits per heavy atom. The molecule has 4 nitrogen and oxygen atoms in total. The summed E-state index contributed by atoms with van der Waals surface area (Å²) in [5.74, 6) is 1.20. The molecule has 5 atom stereocenters. The van der Waals surface area contributed by atoms with Gasteiger partial charge in [0, 0.05) is 12.3 Å². The fraction of sp³-hybridized carbons (Fsp3) is 0.682. The van der Waals surface area contributed by atoms with Gasteiger partial charge in [0.15, 0.2) is 0 Å². The molecule has 0 spiro atoms. The van der Waals surface area contributed by atoms with Crippen molar-refractivity contribution in [2.45, 2.75) is 63.6 Å². The SMILES string of the molecule is COC(=O)CC/C=C/C1=CC2CC(O)C(/C=C/C(O)C3CCCC3)C2C1. The van der Waals surface area contributed by atoms with E-state index in [4.69, 9.17) is 0 Å². The van der Waals surface area contributed by atoms with Gasteiger partial charge in [-0.15, -0.1) is 0 Å². The first-order valence-corrected chi connectivity index (χ1v) is 10.1. The Morgan fingerprint density at radius 3 is 2.88 bits per heavy atom. The molecule has 3 rings (SSSR count). The van der Waals surface area contributed by atoms with Crippen molar-refractivity contribution in [3.8, 4) is 0 Å². The Bertz CT molecular complexity index is 571. The van der Waals surface area contributed by atoms with Crippen LogP contribution in [0.25, 0.3) is 0 Å². The summed E-state index contributed by atoms with van der Waals surface area (Å²) < 4.78 is 4.65. The zero-order valence-electron chi connectivity index (χ0n) is 15.7. The van der Waals surface area contributed by atoms with Crippen LogP contribution in [0.2, 0.25) is 0 Å². The van der Waals surface area contributed by atoms with E-state index in [9.17, 15) is 15.0 Å². The number of aliphatic hydroxyl groups excluding tert-OH is 2. The largest absolute Gasteiger partial charge is 0.469 e. The zero-order chi connectivity index (χ0) is 18.5. The van der Waals surface area contributed by atoms with Gasteiger partial charge >= 0.3 is 5.97 Å². The molecule has 26 heavy (non-hydrogen) atoms. The summed E-state index contributed by atoms with van der Waals surface area (Å²) in [4.78, 5) is 11.1. The van der Waals surface area contributed by atoms with Crippen molar-refractivity contribution in [2.75, 3.05) is 7.11 Å². The second-order valence-corrected chi connectivity index (χ2v) is 8.09. The van der Waals surface area contributed by atoms with Crippen molar-refractivity contribution >= 4 is 5.97 Å². The standard InChI is InChI=1S/C22H32O4/c1-26-22(25)9-5-2-6-15-12-17-14-21(24)18(19(17)13-15)10-11-20(23)16-7-3-4-8-16/h2,6,10-12,16-21,23-24H,3-5,7-9,13-14H2,1H3/b6-2+,11-10+. The first-order chi connectivity index (χ1) is 12.6. The van der Waals surface area contributed by atoms with E-state index >= 15 is 0 Å². The number of esters is 1. The molecule has 5 unspecified atom stereocenters. The van der Waals surface area contributed by atoms with E-state index in [1.165, 1.54) is 25.5 Å². The Labute approximate surface area is 156 Å². The summed E-state index contributed by atoms with van der Waals surface area (Å²) >= 11 is 0. The third-order valence-corrected chi connectivity index (χ3v) is 6.39. The number of hydrogen-bond acceptors (Lipinski definition) is 4. The molecule has 0 aromatic rings. The lowest BCUT2D eigenvalue weighted by molar-refractivity contribution is -0.140. The summed E-state index contributed by atoms with van der Waals surface area (Å²) in [5, 5.41) is 20.8. The molecular formula is C22H32O4. The van der Waals surface area contributed by atoms with Gasteiger partial charge in [-0.3, -0.25) is 4.79 Å². The van der Waals surface area contributed by atoms with E-state index in [-0.39, 0.29) is 24.1 Å². The number of methoxy groups -OCH3 is 1. The van der Waals surface area contributed by atoms with Crippen LogP contribution in [0, 0.1) is 23.7 Å². The molecule has 144 valence electrons. The van der Waals surface area contributed by atoms with E-state index < -0.39 is 0 Å². The number of ether oxygens (including phenoxy) is 1. The second kappa shape index (κ2) is 9.01. The van der Waals surface area contributed by atoms with Crippen LogP contribution in [-0.4, -0.2) is 35.5 Å². The van der Waals surface area contributed by atoms with Gasteiger partial charge in [0.25, 0.3) is 0 Å². The highest BCUT2D eigenvalue weighted by Gasteiger charge is 2.43. The fourth-order valence-corrected chi connectivity index (χ4v) is 4.91. The molecule has 2 fully saturated rings. The minimum atomic E-state index is -0.365. The Kier molecular flexibility index (Phi) is 6.71.